The number of carboxylic acid groups (broad SMARTS) is 1. The van der Waals surface area contributed by atoms with Crippen molar-refractivity contribution in [2.24, 2.45) is 23.7 Å². The Kier molecular flexibility index (Phi) is 14.2. The number of carbonyl (C=O) groups excluding carboxylic acids is 1. The van der Waals surface area contributed by atoms with Crippen LogP contribution in [0.3, 0.4) is 0 Å². The molecular formula is C42H63N5O5. The molecular weight excluding hydrogens is 654 g/mol. The fourth-order valence-electron chi connectivity index (χ4n) is 8.55. The van der Waals surface area contributed by atoms with Crippen LogP contribution in [-0.2, 0) is 4.79 Å². The SMILES string of the molecule is CC.COc1cccc(OC)c1-c1cc(C(=O)NC2(C(=O)O)C(C)CC3CC(C)CC2C3)nn1-c1ccc(NCCCCCN(C)C)cc1C(C)C. The summed E-state index contributed by atoms with van der Waals surface area (Å²) in [7, 11) is 7.41. The van der Waals surface area contributed by atoms with Crippen molar-refractivity contribution in [3.63, 3.8) is 0 Å². The van der Waals surface area contributed by atoms with Crippen LogP contribution in [0.25, 0.3) is 16.9 Å². The number of aliphatic carboxylic acids is 1. The Bertz CT molecular complexity index is 1630. The zero-order valence-electron chi connectivity index (χ0n) is 33.2. The number of nitrogens with one attached hydrogen (secondary N) is 2. The summed E-state index contributed by atoms with van der Waals surface area (Å²) in [5, 5.41) is 22.4. The zero-order chi connectivity index (χ0) is 38.2. The van der Waals surface area contributed by atoms with Gasteiger partial charge < -0.3 is 30.1 Å². The van der Waals surface area contributed by atoms with E-state index in [0.29, 0.717) is 34.6 Å². The monoisotopic (exact) mass is 717 g/mol. The minimum absolute atomic E-state index is 0.139. The minimum atomic E-state index is -1.36. The number of methoxy groups -OCH3 is 2. The van der Waals surface area contributed by atoms with Gasteiger partial charge in [0.25, 0.3) is 5.91 Å². The Balaban J connectivity index is 0.00000297. The van der Waals surface area contributed by atoms with E-state index in [9.17, 15) is 14.7 Å². The van der Waals surface area contributed by atoms with Crippen LogP contribution in [0.5, 0.6) is 11.5 Å². The van der Waals surface area contributed by atoms with Crippen LogP contribution in [0.4, 0.5) is 5.69 Å². The molecule has 2 aliphatic rings. The summed E-state index contributed by atoms with van der Waals surface area (Å²) in [6.07, 6.45) is 6.89. The van der Waals surface area contributed by atoms with Crippen LogP contribution in [0.15, 0.2) is 42.5 Å². The number of fused-ring (bicyclic) bond motifs is 2. The van der Waals surface area contributed by atoms with Crippen molar-refractivity contribution < 1.29 is 24.2 Å². The van der Waals surface area contributed by atoms with Gasteiger partial charge in [-0.15, -0.1) is 0 Å². The van der Waals surface area contributed by atoms with E-state index in [-0.39, 0.29) is 23.4 Å². The summed E-state index contributed by atoms with van der Waals surface area (Å²) in [6.45, 7) is 14.4. The second-order valence-corrected chi connectivity index (χ2v) is 15.2. The van der Waals surface area contributed by atoms with Gasteiger partial charge in [-0.2, -0.15) is 5.10 Å². The maximum atomic E-state index is 14.3. The van der Waals surface area contributed by atoms with Crippen LogP contribution in [0.2, 0.25) is 0 Å². The molecule has 3 aromatic rings. The lowest BCUT2D eigenvalue weighted by molar-refractivity contribution is -0.155. The molecule has 1 aromatic heterocycles. The summed E-state index contributed by atoms with van der Waals surface area (Å²) in [6, 6.07) is 13.5. The Hall–Kier alpha value is -4.05. The number of rotatable bonds is 15. The summed E-state index contributed by atoms with van der Waals surface area (Å²) in [4.78, 5) is 29.7. The van der Waals surface area contributed by atoms with Crippen LogP contribution >= 0.6 is 0 Å². The molecule has 3 N–H and O–H groups in total. The van der Waals surface area contributed by atoms with E-state index in [1.807, 2.05) is 45.0 Å². The van der Waals surface area contributed by atoms with Crippen molar-refractivity contribution in [2.75, 3.05) is 46.7 Å². The average Bonchev–Trinajstić information content (AvgIpc) is 3.56. The zero-order valence-corrected chi connectivity index (χ0v) is 33.2. The van der Waals surface area contributed by atoms with Crippen molar-refractivity contribution in [3.05, 3.63) is 53.7 Å². The van der Waals surface area contributed by atoms with Gasteiger partial charge in [0.15, 0.2) is 5.69 Å². The van der Waals surface area contributed by atoms with Crippen LogP contribution < -0.4 is 20.1 Å². The molecule has 0 saturated heterocycles. The summed E-state index contributed by atoms with van der Waals surface area (Å²) < 4.78 is 13.4. The normalized spacial score (nSPS) is 22.4. The van der Waals surface area contributed by atoms with E-state index in [1.54, 1.807) is 25.0 Å². The maximum Gasteiger partial charge on any atom is 0.329 e. The molecule has 0 spiro atoms. The molecule has 10 nitrogen and oxygen atoms in total. The molecule has 2 bridgehead atoms. The third-order valence-corrected chi connectivity index (χ3v) is 10.9. The van der Waals surface area contributed by atoms with Crippen molar-refractivity contribution in [1.29, 1.82) is 0 Å². The molecule has 2 fully saturated rings. The average molecular weight is 718 g/mol. The van der Waals surface area contributed by atoms with Crippen molar-refractivity contribution in [1.82, 2.24) is 20.0 Å². The number of aromatic nitrogens is 2. The number of ether oxygens (including phenoxy) is 2. The Labute approximate surface area is 311 Å². The highest BCUT2D eigenvalue weighted by molar-refractivity contribution is 5.98. The van der Waals surface area contributed by atoms with Crippen molar-refractivity contribution in [2.45, 2.75) is 97.9 Å². The predicted molar refractivity (Wildman–Crippen MR) is 210 cm³/mol. The highest BCUT2D eigenvalue weighted by Crippen LogP contribution is 2.50. The molecule has 1 heterocycles. The Morgan fingerprint density at radius 3 is 2.29 bits per heavy atom. The molecule has 0 radical (unpaired) electrons. The Morgan fingerprint density at radius 1 is 0.981 bits per heavy atom. The second-order valence-electron chi connectivity index (χ2n) is 15.2. The summed E-state index contributed by atoms with van der Waals surface area (Å²) >= 11 is 0. The van der Waals surface area contributed by atoms with Crippen molar-refractivity contribution >= 4 is 17.6 Å². The lowest BCUT2D eigenvalue weighted by Crippen LogP contribution is -2.66. The molecule has 2 aromatic carbocycles. The van der Waals surface area contributed by atoms with Crippen molar-refractivity contribution in [3.8, 4) is 28.4 Å². The summed E-state index contributed by atoms with van der Waals surface area (Å²) in [5.41, 5.74) is 2.95. The maximum absolute atomic E-state index is 14.3. The van der Waals surface area contributed by atoms with Crippen LogP contribution in [0, 0.1) is 23.7 Å². The van der Waals surface area contributed by atoms with Crippen LogP contribution in [0.1, 0.15) is 108 Å². The highest BCUT2D eigenvalue weighted by Gasteiger charge is 2.56. The molecule has 52 heavy (non-hydrogen) atoms. The standard InChI is InChI=1S/C40H57N5O5.C2H6/c1-25(2)31-23-30(41-17-10-9-11-18-44(5)6)15-16-33(31)45-34(37-35(49-7)13-12-14-36(37)50-8)24-32(43-45)38(46)42-40(39(47)48)27(4)21-28-19-26(3)20-29(40)22-28;1-2/h12-16,23-29,41H,9-11,17-22H2,1-8H3,(H,42,46)(H,47,48);1-2H3. The fourth-order valence-corrected chi connectivity index (χ4v) is 8.55. The van der Waals surface area contributed by atoms with E-state index >= 15 is 0 Å². The van der Waals surface area contributed by atoms with Gasteiger partial charge in [-0.1, -0.05) is 54.0 Å². The first kappa shape index (κ1) is 40.7. The topological polar surface area (TPSA) is 118 Å². The smallest absolute Gasteiger partial charge is 0.329 e. The molecule has 10 heteroatoms. The molecule has 2 saturated carbocycles. The third-order valence-electron chi connectivity index (χ3n) is 10.9. The number of carboxylic acids is 1. The van der Waals surface area contributed by atoms with E-state index in [1.165, 1.54) is 6.42 Å². The first-order valence-corrected chi connectivity index (χ1v) is 19.3. The molecule has 5 unspecified atom stereocenters. The first-order chi connectivity index (χ1) is 24.9. The third kappa shape index (κ3) is 8.76. The number of hydrogen-bond acceptors (Lipinski definition) is 7. The molecule has 5 atom stereocenters. The van der Waals surface area contributed by atoms with E-state index in [0.717, 1.165) is 68.6 Å². The second kappa shape index (κ2) is 18.1. The number of nitrogens with zero attached hydrogens (tertiary/aromatic N) is 3. The van der Waals surface area contributed by atoms with Gasteiger partial charge in [-0.05, 0) is 131 Å². The van der Waals surface area contributed by atoms with Gasteiger partial charge in [0.05, 0.1) is 31.2 Å². The molecule has 286 valence electrons. The van der Waals surface area contributed by atoms with Gasteiger partial charge in [0.2, 0.25) is 0 Å². The predicted octanol–water partition coefficient (Wildman–Crippen LogP) is 8.50. The summed E-state index contributed by atoms with van der Waals surface area (Å²) in [5.74, 6) is 0.369. The molecule has 5 rings (SSSR count). The quantitative estimate of drug-likeness (QED) is 0.134. The largest absolute Gasteiger partial charge is 0.496 e. The van der Waals surface area contributed by atoms with Gasteiger partial charge in [0, 0.05) is 12.2 Å². The Morgan fingerprint density at radius 2 is 1.67 bits per heavy atom. The number of hydrogen-bond donors (Lipinski definition) is 3. The van der Waals surface area contributed by atoms with E-state index in [2.05, 4.69) is 62.5 Å². The van der Waals surface area contributed by atoms with E-state index in [4.69, 9.17) is 14.6 Å². The number of carbonyl (C=O) groups is 2. The molecule has 1 amide bonds. The lowest BCUT2D eigenvalue weighted by atomic mass is 9.56. The number of unbranched alkanes of at least 4 members (excludes halogenated alkanes) is 2. The van der Waals surface area contributed by atoms with Gasteiger partial charge in [0.1, 0.15) is 17.0 Å². The van der Waals surface area contributed by atoms with Crippen LogP contribution in [-0.4, -0.2) is 78.6 Å². The van der Waals surface area contributed by atoms with Gasteiger partial charge >= 0.3 is 5.97 Å². The lowest BCUT2D eigenvalue weighted by Gasteiger charge is -2.52. The van der Waals surface area contributed by atoms with Gasteiger partial charge in [-0.25, -0.2) is 9.48 Å². The number of amides is 1. The van der Waals surface area contributed by atoms with Gasteiger partial charge in [-0.3, -0.25) is 4.79 Å². The number of benzene rings is 2. The first-order valence-electron chi connectivity index (χ1n) is 19.3. The minimum Gasteiger partial charge on any atom is -0.496 e. The molecule has 0 aliphatic heterocycles. The van der Waals surface area contributed by atoms with E-state index < -0.39 is 17.4 Å². The number of anilines is 1. The molecule has 2 aliphatic carbocycles. The fraction of sp³-hybridized carbons (Fsp3) is 0.595. The highest BCUT2D eigenvalue weighted by atomic mass is 16.5.